The molecule has 0 spiro atoms. The van der Waals surface area contributed by atoms with Gasteiger partial charge in [-0.1, -0.05) is 0 Å². The first-order valence-electron chi connectivity index (χ1n) is 6.74. The maximum atomic E-state index is 12.4. The third kappa shape index (κ3) is 2.53. The van der Waals surface area contributed by atoms with Gasteiger partial charge in [0.25, 0.3) is 5.91 Å². The second-order valence-corrected chi connectivity index (χ2v) is 5.05. The minimum absolute atomic E-state index is 0.232. The first kappa shape index (κ1) is 13.7. The van der Waals surface area contributed by atoms with Crippen molar-refractivity contribution < 1.29 is 13.6 Å². The van der Waals surface area contributed by atoms with Crippen LogP contribution in [0.4, 0.5) is 14.5 Å². The summed E-state index contributed by atoms with van der Waals surface area (Å²) < 4.78 is 27.1. The Morgan fingerprint density at radius 3 is 2.86 bits per heavy atom. The molecule has 2 heterocycles. The smallest absolute Gasteiger partial charge is 0.318 e. The fraction of sp³-hybridized carbons (Fsp3) is 0.462. The van der Waals surface area contributed by atoms with E-state index >= 15 is 0 Å². The molecule has 1 aliphatic rings. The number of rotatable bonds is 3. The minimum atomic E-state index is -2.72. The van der Waals surface area contributed by atoms with Crippen molar-refractivity contribution in [2.75, 3.05) is 5.32 Å². The Morgan fingerprint density at radius 1 is 1.38 bits per heavy atom. The number of amides is 1. The van der Waals surface area contributed by atoms with Crippen LogP contribution in [-0.4, -0.2) is 25.5 Å². The van der Waals surface area contributed by atoms with E-state index in [1.165, 1.54) is 6.20 Å². The number of nitrogens with zero attached hydrogens (tertiary/aromatic N) is 4. The third-order valence-electron chi connectivity index (χ3n) is 3.64. The number of aryl methyl sites for hydroxylation is 1. The van der Waals surface area contributed by atoms with E-state index in [1.54, 1.807) is 4.68 Å². The van der Waals surface area contributed by atoms with Crippen molar-refractivity contribution in [1.29, 1.82) is 0 Å². The Morgan fingerprint density at radius 2 is 2.14 bits per heavy atom. The van der Waals surface area contributed by atoms with Crippen LogP contribution in [0.3, 0.4) is 0 Å². The van der Waals surface area contributed by atoms with E-state index in [0.717, 1.165) is 43.1 Å². The quantitative estimate of drug-likeness (QED) is 0.943. The highest BCUT2D eigenvalue weighted by atomic mass is 19.3. The van der Waals surface area contributed by atoms with Crippen molar-refractivity contribution in [3.8, 4) is 0 Å². The number of aromatic nitrogens is 4. The molecule has 21 heavy (non-hydrogen) atoms. The monoisotopic (exact) mass is 295 g/mol. The number of hydrogen-bond donors (Lipinski definition) is 1. The van der Waals surface area contributed by atoms with Crippen molar-refractivity contribution in [1.82, 2.24) is 19.6 Å². The highest BCUT2D eigenvalue weighted by molar-refractivity contribution is 6.03. The lowest BCUT2D eigenvalue weighted by molar-refractivity contribution is 0.0566. The fourth-order valence-electron chi connectivity index (χ4n) is 2.65. The largest absolute Gasteiger partial charge is 0.333 e. The van der Waals surface area contributed by atoms with Gasteiger partial charge in [0.05, 0.1) is 18.1 Å². The Kier molecular flexibility index (Phi) is 3.44. The van der Waals surface area contributed by atoms with Gasteiger partial charge in [0.1, 0.15) is 0 Å². The molecule has 0 unspecified atom stereocenters. The van der Waals surface area contributed by atoms with E-state index in [1.807, 2.05) is 7.05 Å². The van der Waals surface area contributed by atoms with Crippen molar-refractivity contribution in [3.05, 3.63) is 29.3 Å². The van der Waals surface area contributed by atoms with Gasteiger partial charge in [0, 0.05) is 18.3 Å². The van der Waals surface area contributed by atoms with Gasteiger partial charge in [-0.3, -0.25) is 9.48 Å². The van der Waals surface area contributed by atoms with E-state index in [-0.39, 0.29) is 11.6 Å². The van der Waals surface area contributed by atoms with Crippen LogP contribution in [0, 0.1) is 0 Å². The normalized spacial score (nSPS) is 14.3. The van der Waals surface area contributed by atoms with Crippen LogP contribution in [-0.2, 0) is 19.9 Å². The highest BCUT2D eigenvalue weighted by Crippen LogP contribution is 2.24. The van der Waals surface area contributed by atoms with Gasteiger partial charge in [-0.05, 0) is 25.7 Å². The van der Waals surface area contributed by atoms with Crippen molar-refractivity contribution in [2.45, 2.75) is 32.2 Å². The Hall–Kier alpha value is -2.25. The molecule has 0 aromatic carbocycles. The molecule has 3 rings (SSSR count). The number of alkyl halides is 2. The molecular formula is C13H15F2N5O. The third-order valence-corrected chi connectivity index (χ3v) is 3.64. The van der Waals surface area contributed by atoms with Crippen LogP contribution in [0.5, 0.6) is 0 Å². The van der Waals surface area contributed by atoms with Gasteiger partial charge in [0.2, 0.25) is 0 Å². The molecular weight excluding hydrogens is 280 g/mol. The molecule has 0 aliphatic heterocycles. The minimum Gasteiger partial charge on any atom is -0.318 e. The number of carbonyl (C=O) groups excluding carboxylic acids is 1. The average Bonchev–Trinajstić information content (AvgIpc) is 3.05. The SMILES string of the molecule is Cn1nc(C(=O)Nc2cnn(C(F)F)c2)c2c1CCCC2. The molecule has 0 radical (unpaired) electrons. The molecule has 0 bridgehead atoms. The van der Waals surface area contributed by atoms with Gasteiger partial charge in [-0.15, -0.1) is 0 Å². The van der Waals surface area contributed by atoms with Gasteiger partial charge in [-0.25, -0.2) is 4.68 Å². The van der Waals surface area contributed by atoms with Gasteiger partial charge in [0.15, 0.2) is 5.69 Å². The summed E-state index contributed by atoms with van der Waals surface area (Å²) in [4.78, 5) is 12.3. The lowest BCUT2D eigenvalue weighted by Gasteiger charge is -2.12. The molecule has 1 aliphatic carbocycles. The second-order valence-electron chi connectivity index (χ2n) is 5.05. The number of halogens is 2. The molecule has 1 amide bonds. The molecule has 1 N–H and O–H groups in total. The van der Waals surface area contributed by atoms with E-state index in [4.69, 9.17) is 0 Å². The summed E-state index contributed by atoms with van der Waals surface area (Å²) in [5, 5.41) is 10.3. The second kappa shape index (κ2) is 5.27. The molecule has 112 valence electrons. The fourth-order valence-corrected chi connectivity index (χ4v) is 2.65. The Bertz CT molecular complexity index is 676. The zero-order chi connectivity index (χ0) is 15.0. The van der Waals surface area contributed by atoms with E-state index < -0.39 is 6.55 Å². The maximum Gasteiger partial charge on any atom is 0.333 e. The molecule has 0 fully saturated rings. The van der Waals surface area contributed by atoms with Crippen molar-refractivity contribution in [3.63, 3.8) is 0 Å². The lowest BCUT2D eigenvalue weighted by atomic mass is 9.95. The summed E-state index contributed by atoms with van der Waals surface area (Å²) in [6.07, 6.45) is 6.14. The molecule has 2 aromatic heterocycles. The maximum absolute atomic E-state index is 12.4. The number of nitrogens with one attached hydrogen (secondary N) is 1. The standard InChI is InChI=1S/C13H15F2N5O/c1-19-10-5-3-2-4-9(10)11(18-19)12(21)17-8-6-16-20(7-8)13(14)15/h6-7,13H,2-5H2,1H3,(H,17,21). The van der Waals surface area contributed by atoms with Crippen LogP contribution in [0.1, 0.15) is 41.1 Å². The van der Waals surface area contributed by atoms with Crippen LogP contribution in [0.25, 0.3) is 0 Å². The lowest BCUT2D eigenvalue weighted by Crippen LogP contribution is -2.15. The predicted octanol–water partition coefficient (Wildman–Crippen LogP) is 2.14. The Labute approximate surface area is 119 Å². The number of fused-ring (bicyclic) bond motifs is 1. The van der Waals surface area contributed by atoms with Gasteiger partial charge in [-0.2, -0.15) is 19.0 Å². The summed E-state index contributed by atoms with van der Waals surface area (Å²) in [5.41, 5.74) is 2.64. The van der Waals surface area contributed by atoms with Crippen LogP contribution in [0.15, 0.2) is 12.4 Å². The van der Waals surface area contributed by atoms with Crippen LogP contribution in [0.2, 0.25) is 0 Å². The number of anilines is 1. The molecule has 8 heteroatoms. The van der Waals surface area contributed by atoms with E-state index in [0.29, 0.717) is 10.4 Å². The zero-order valence-electron chi connectivity index (χ0n) is 11.5. The highest BCUT2D eigenvalue weighted by Gasteiger charge is 2.24. The molecule has 0 atom stereocenters. The first-order valence-corrected chi connectivity index (χ1v) is 6.74. The summed E-state index contributed by atoms with van der Waals surface area (Å²) >= 11 is 0. The van der Waals surface area contributed by atoms with Crippen molar-refractivity contribution >= 4 is 11.6 Å². The van der Waals surface area contributed by atoms with Gasteiger partial charge >= 0.3 is 6.55 Å². The summed E-state index contributed by atoms with van der Waals surface area (Å²) in [6, 6.07) is 0. The zero-order valence-corrected chi connectivity index (χ0v) is 11.5. The van der Waals surface area contributed by atoms with E-state index in [2.05, 4.69) is 15.5 Å². The van der Waals surface area contributed by atoms with E-state index in [9.17, 15) is 13.6 Å². The topological polar surface area (TPSA) is 64.7 Å². The summed E-state index contributed by atoms with van der Waals surface area (Å²) in [6.45, 7) is -2.72. The predicted molar refractivity (Wildman–Crippen MR) is 71.3 cm³/mol. The average molecular weight is 295 g/mol. The van der Waals surface area contributed by atoms with Gasteiger partial charge < -0.3 is 5.32 Å². The first-order chi connectivity index (χ1) is 10.1. The molecule has 6 nitrogen and oxygen atoms in total. The Balaban J connectivity index is 1.82. The number of carbonyl (C=O) groups is 1. The summed E-state index contributed by atoms with van der Waals surface area (Å²) in [7, 11) is 1.82. The van der Waals surface area contributed by atoms with Crippen LogP contribution >= 0.6 is 0 Å². The molecule has 2 aromatic rings. The molecule has 0 saturated carbocycles. The number of hydrogen-bond acceptors (Lipinski definition) is 3. The van der Waals surface area contributed by atoms with Crippen molar-refractivity contribution in [2.24, 2.45) is 7.05 Å². The molecule has 0 saturated heterocycles. The summed E-state index contributed by atoms with van der Waals surface area (Å²) in [5.74, 6) is -0.387. The van der Waals surface area contributed by atoms with Crippen LogP contribution < -0.4 is 5.32 Å².